The highest BCUT2D eigenvalue weighted by Gasteiger charge is 2.01. The summed E-state index contributed by atoms with van der Waals surface area (Å²) in [5.41, 5.74) is 6.65. The summed E-state index contributed by atoms with van der Waals surface area (Å²) >= 11 is 0. The molecule has 1 aromatic carbocycles. The summed E-state index contributed by atoms with van der Waals surface area (Å²) in [6, 6.07) is 7.58. The molecule has 0 heterocycles. The molecule has 0 unspecified atom stereocenters. The van der Waals surface area contributed by atoms with Crippen LogP contribution in [0.2, 0.25) is 0 Å². The van der Waals surface area contributed by atoms with Gasteiger partial charge in [-0.2, -0.15) is 0 Å². The number of para-hydroxylation sites is 2. The minimum Gasteiger partial charge on any atom is -0.495 e. The van der Waals surface area contributed by atoms with Crippen LogP contribution in [0.25, 0.3) is 0 Å². The van der Waals surface area contributed by atoms with Crippen LogP contribution in [-0.4, -0.2) is 46.5 Å². The van der Waals surface area contributed by atoms with Crippen LogP contribution in [0.3, 0.4) is 0 Å². The first kappa shape index (κ1) is 17.3. The molecule has 118 valence electrons. The Balaban J connectivity index is 2.21. The number of guanidine groups is 1. The normalized spacial score (nSPS) is 11.4. The van der Waals surface area contributed by atoms with Gasteiger partial charge in [-0.15, -0.1) is 0 Å². The van der Waals surface area contributed by atoms with Crippen molar-refractivity contribution in [2.75, 3.05) is 45.9 Å². The maximum absolute atomic E-state index is 5.85. The number of nitrogens with one attached hydrogen (secondary N) is 1. The summed E-state index contributed by atoms with van der Waals surface area (Å²) in [5.74, 6) is 1.13. The third-order valence-corrected chi connectivity index (χ3v) is 2.78. The van der Waals surface area contributed by atoms with Crippen molar-refractivity contribution in [2.45, 2.75) is 12.8 Å². The van der Waals surface area contributed by atoms with Crippen LogP contribution in [0.1, 0.15) is 12.8 Å². The van der Waals surface area contributed by atoms with E-state index < -0.39 is 0 Å². The van der Waals surface area contributed by atoms with E-state index in [0.29, 0.717) is 25.7 Å². The van der Waals surface area contributed by atoms with Crippen LogP contribution in [0.4, 0.5) is 5.69 Å². The molecule has 0 spiro atoms. The average molecular weight is 295 g/mol. The van der Waals surface area contributed by atoms with E-state index in [2.05, 4.69) is 10.3 Å². The standard InChI is InChI=1S/C15H25N3O3/c1-19-11-12-21-10-6-5-9-17-15(16)18-13-7-3-4-8-14(13)20-2/h3-4,7-8H,5-6,9-12H2,1-2H3,(H3,16,17,18). The number of hydrogen-bond donors (Lipinski definition) is 2. The lowest BCUT2D eigenvalue weighted by Crippen LogP contribution is -2.23. The highest BCUT2D eigenvalue weighted by atomic mass is 16.5. The van der Waals surface area contributed by atoms with Crippen molar-refractivity contribution < 1.29 is 14.2 Å². The second kappa shape index (κ2) is 10.9. The van der Waals surface area contributed by atoms with Crippen LogP contribution < -0.4 is 15.8 Å². The lowest BCUT2D eigenvalue weighted by Gasteiger charge is -2.10. The predicted molar refractivity (Wildman–Crippen MR) is 85.0 cm³/mol. The maximum Gasteiger partial charge on any atom is 0.193 e. The number of nitrogens with two attached hydrogens (primary N) is 1. The summed E-state index contributed by atoms with van der Waals surface area (Å²) in [6.07, 6.45) is 1.89. The molecule has 6 nitrogen and oxygen atoms in total. The summed E-state index contributed by atoms with van der Waals surface area (Å²) in [6.45, 7) is 2.66. The minimum atomic E-state index is 0.389. The van der Waals surface area contributed by atoms with Crippen molar-refractivity contribution >= 4 is 11.6 Å². The Kier molecular flexibility index (Phi) is 8.99. The van der Waals surface area contributed by atoms with Gasteiger partial charge in [0.2, 0.25) is 0 Å². The first-order valence-corrected chi connectivity index (χ1v) is 7.04. The molecule has 0 aliphatic rings. The maximum atomic E-state index is 5.85. The van der Waals surface area contributed by atoms with Gasteiger partial charge in [0, 0.05) is 20.3 Å². The van der Waals surface area contributed by atoms with Crippen molar-refractivity contribution in [1.29, 1.82) is 0 Å². The fraction of sp³-hybridized carbons (Fsp3) is 0.533. The Hall–Kier alpha value is -1.79. The van der Waals surface area contributed by atoms with E-state index >= 15 is 0 Å². The molecule has 0 atom stereocenters. The number of aliphatic imine (C=N–C) groups is 1. The zero-order valence-electron chi connectivity index (χ0n) is 12.8. The van der Waals surface area contributed by atoms with Gasteiger partial charge in [0.15, 0.2) is 5.96 Å². The molecule has 0 saturated carbocycles. The molecule has 1 rings (SSSR count). The molecule has 1 aromatic rings. The van der Waals surface area contributed by atoms with E-state index in [-0.39, 0.29) is 0 Å². The van der Waals surface area contributed by atoms with E-state index in [0.717, 1.165) is 30.9 Å². The van der Waals surface area contributed by atoms with E-state index in [9.17, 15) is 0 Å². The second-order valence-corrected chi connectivity index (χ2v) is 4.40. The van der Waals surface area contributed by atoms with Gasteiger partial charge in [-0.25, -0.2) is 0 Å². The summed E-state index contributed by atoms with van der Waals surface area (Å²) in [4.78, 5) is 4.28. The molecule has 6 heteroatoms. The number of rotatable bonds is 10. The van der Waals surface area contributed by atoms with Gasteiger partial charge in [-0.1, -0.05) is 12.1 Å². The second-order valence-electron chi connectivity index (χ2n) is 4.40. The van der Waals surface area contributed by atoms with Crippen molar-refractivity contribution in [3.8, 4) is 5.75 Å². The Labute approximate surface area is 126 Å². The molecule has 0 amide bonds. The molecule has 0 radical (unpaired) electrons. The average Bonchev–Trinajstić information content (AvgIpc) is 2.50. The fourth-order valence-electron chi connectivity index (χ4n) is 1.69. The number of methoxy groups -OCH3 is 2. The van der Waals surface area contributed by atoms with Crippen LogP contribution >= 0.6 is 0 Å². The summed E-state index contributed by atoms with van der Waals surface area (Å²) in [7, 11) is 3.28. The molecule has 0 bridgehead atoms. The molecular weight excluding hydrogens is 270 g/mol. The fourth-order valence-corrected chi connectivity index (χ4v) is 1.69. The SMILES string of the molecule is COCCOCCCCN=C(N)Nc1ccccc1OC. The number of unbranched alkanes of at least 4 members (excludes halogenated alkanes) is 1. The third-order valence-electron chi connectivity index (χ3n) is 2.78. The van der Waals surface area contributed by atoms with Gasteiger partial charge < -0.3 is 25.3 Å². The number of hydrogen-bond acceptors (Lipinski definition) is 4. The number of benzene rings is 1. The third kappa shape index (κ3) is 7.53. The van der Waals surface area contributed by atoms with E-state index in [1.165, 1.54) is 0 Å². The number of nitrogens with zero attached hydrogens (tertiary/aromatic N) is 1. The van der Waals surface area contributed by atoms with E-state index in [1.807, 2.05) is 24.3 Å². The molecule has 0 aromatic heterocycles. The molecule has 0 saturated heterocycles. The molecule has 0 aliphatic heterocycles. The van der Waals surface area contributed by atoms with Gasteiger partial charge in [0.1, 0.15) is 5.75 Å². The van der Waals surface area contributed by atoms with Gasteiger partial charge in [-0.05, 0) is 25.0 Å². The van der Waals surface area contributed by atoms with E-state index in [4.69, 9.17) is 19.9 Å². The van der Waals surface area contributed by atoms with Gasteiger partial charge >= 0.3 is 0 Å². The number of ether oxygens (including phenoxy) is 3. The highest BCUT2D eigenvalue weighted by molar-refractivity contribution is 5.93. The Bertz CT molecular complexity index is 424. The monoisotopic (exact) mass is 295 g/mol. The van der Waals surface area contributed by atoms with Crippen molar-refractivity contribution in [2.24, 2.45) is 10.7 Å². The molecule has 0 fully saturated rings. The Morgan fingerprint density at radius 3 is 2.71 bits per heavy atom. The van der Waals surface area contributed by atoms with Gasteiger partial charge in [0.05, 0.1) is 26.0 Å². The Morgan fingerprint density at radius 2 is 1.95 bits per heavy atom. The van der Waals surface area contributed by atoms with Crippen molar-refractivity contribution in [1.82, 2.24) is 0 Å². The lowest BCUT2D eigenvalue weighted by molar-refractivity contribution is 0.0690. The molecule has 3 N–H and O–H groups in total. The largest absolute Gasteiger partial charge is 0.495 e. The topological polar surface area (TPSA) is 78.1 Å². The quantitative estimate of drug-likeness (QED) is 0.391. The van der Waals surface area contributed by atoms with Crippen LogP contribution in [-0.2, 0) is 9.47 Å². The first-order chi connectivity index (χ1) is 10.3. The predicted octanol–water partition coefficient (Wildman–Crippen LogP) is 1.86. The summed E-state index contributed by atoms with van der Waals surface area (Å²) in [5, 5.41) is 3.04. The van der Waals surface area contributed by atoms with Crippen LogP contribution in [0.15, 0.2) is 29.3 Å². The molecular formula is C15H25N3O3. The van der Waals surface area contributed by atoms with Gasteiger partial charge in [0.25, 0.3) is 0 Å². The minimum absolute atomic E-state index is 0.389. The molecule has 21 heavy (non-hydrogen) atoms. The molecule has 0 aliphatic carbocycles. The summed E-state index contributed by atoms with van der Waals surface area (Å²) < 4.78 is 15.5. The number of anilines is 1. The van der Waals surface area contributed by atoms with Gasteiger partial charge in [-0.3, -0.25) is 4.99 Å². The zero-order chi connectivity index (χ0) is 15.3. The van der Waals surface area contributed by atoms with Crippen LogP contribution in [0.5, 0.6) is 5.75 Å². The highest BCUT2D eigenvalue weighted by Crippen LogP contribution is 2.22. The zero-order valence-corrected chi connectivity index (χ0v) is 12.8. The smallest absolute Gasteiger partial charge is 0.193 e. The van der Waals surface area contributed by atoms with Crippen molar-refractivity contribution in [3.05, 3.63) is 24.3 Å². The van der Waals surface area contributed by atoms with Crippen LogP contribution in [0, 0.1) is 0 Å². The Morgan fingerprint density at radius 1 is 1.14 bits per heavy atom. The lowest BCUT2D eigenvalue weighted by atomic mass is 10.3. The van der Waals surface area contributed by atoms with E-state index in [1.54, 1.807) is 14.2 Å². The van der Waals surface area contributed by atoms with Crippen molar-refractivity contribution in [3.63, 3.8) is 0 Å². The first-order valence-electron chi connectivity index (χ1n) is 7.04.